The fraction of sp³-hybridized carbons (Fsp3) is 0.533. The van der Waals surface area contributed by atoms with E-state index in [1.165, 1.54) is 0 Å². The summed E-state index contributed by atoms with van der Waals surface area (Å²) >= 11 is 0. The molecule has 126 valence electrons. The van der Waals surface area contributed by atoms with Crippen molar-refractivity contribution in [2.24, 2.45) is 0 Å². The lowest BCUT2D eigenvalue weighted by Gasteiger charge is -2.21. The molecule has 1 aliphatic rings. The van der Waals surface area contributed by atoms with Gasteiger partial charge in [-0.2, -0.15) is 0 Å². The van der Waals surface area contributed by atoms with Crippen LogP contribution in [-0.4, -0.2) is 48.7 Å². The highest BCUT2D eigenvalue weighted by molar-refractivity contribution is 6.62. The SMILES string of the molecule is CC(C)(C)OC(=O)NCC1OB(O)c2c(OCCO)cccc21. The van der Waals surface area contributed by atoms with Crippen molar-refractivity contribution in [3.8, 4) is 5.75 Å². The molecule has 1 heterocycles. The van der Waals surface area contributed by atoms with Crippen molar-refractivity contribution in [3.05, 3.63) is 23.8 Å². The van der Waals surface area contributed by atoms with E-state index in [0.29, 0.717) is 11.2 Å². The van der Waals surface area contributed by atoms with Crippen molar-refractivity contribution in [1.29, 1.82) is 0 Å². The Morgan fingerprint density at radius 3 is 2.83 bits per heavy atom. The average molecular weight is 323 g/mol. The predicted molar refractivity (Wildman–Crippen MR) is 84.7 cm³/mol. The maximum Gasteiger partial charge on any atom is 0.495 e. The minimum absolute atomic E-state index is 0.121. The van der Waals surface area contributed by atoms with Gasteiger partial charge in [-0.05, 0) is 32.4 Å². The molecule has 1 unspecified atom stereocenters. The van der Waals surface area contributed by atoms with Gasteiger partial charge in [-0.1, -0.05) is 12.1 Å². The molecular weight excluding hydrogens is 301 g/mol. The second kappa shape index (κ2) is 7.20. The molecule has 2 rings (SSSR count). The molecule has 1 aromatic rings. The third-order valence-electron chi connectivity index (χ3n) is 3.17. The van der Waals surface area contributed by atoms with Crippen LogP contribution < -0.4 is 15.5 Å². The van der Waals surface area contributed by atoms with Crippen LogP contribution in [0.3, 0.4) is 0 Å². The zero-order valence-electron chi connectivity index (χ0n) is 13.5. The number of benzene rings is 1. The van der Waals surface area contributed by atoms with E-state index < -0.39 is 24.9 Å². The smallest absolute Gasteiger partial charge is 0.492 e. The summed E-state index contributed by atoms with van der Waals surface area (Å²) in [6.45, 7) is 5.52. The Labute approximate surface area is 135 Å². The first-order chi connectivity index (χ1) is 10.8. The van der Waals surface area contributed by atoms with Gasteiger partial charge in [0.05, 0.1) is 12.7 Å². The molecule has 0 bridgehead atoms. The van der Waals surface area contributed by atoms with E-state index in [4.69, 9.17) is 19.2 Å². The molecule has 1 aromatic carbocycles. The molecule has 0 aliphatic carbocycles. The molecule has 0 aromatic heterocycles. The number of alkyl carbamates (subject to hydrolysis) is 1. The highest BCUT2D eigenvalue weighted by Crippen LogP contribution is 2.27. The third kappa shape index (κ3) is 4.60. The third-order valence-corrected chi connectivity index (χ3v) is 3.17. The second-order valence-corrected chi connectivity index (χ2v) is 6.19. The highest BCUT2D eigenvalue weighted by Gasteiger charge is 2.38. The summed E-state index contributed by atoms with van der Waals surface area (Å²) in [5, 5.41) is 21.6. The number of rotatable bonds is 5. The first-order valence-corrected chi connectivity index (χ1v) is 7.48. The van der Waals surface area contributed by atoms with Crippen LogP contribution >= 0.6 is 0 Å². The lowest BCUT2D eigenvalue weighted by Crippen LogP contribution is -2.35. The quantitative estimate of drug-likeness (QED) is 0.676. The summed E-state index contributed by atoms with van der Waals surface area (Å²) in [5.41, 5.74) is 0.685. The lowest BCUT2D eigenvalue weighted by molar-refractivity contribution is 0.0498. The summed E-state index contributed by atoms with van der Waals surface area (Å²) in [4.78, 5) is 11.7. The zero-order chi connectivity index (χ0) is 17.0. The molecular formula is C15H22BNO6. The van der Waals surface area contributed by atoms with Crippen LogP contribution in [0.5, 0.6) is 5.75 Å². The van der Waals surface area contributed by atoms with Gasteiger partial charge in [-0.25, -0.2) is 4.79 Å². The Hall–Kier alpha value is -1.77. The summed E-state index contributed by atoms with van der Waals surface area (Å²) in [7, 11) is -1.13. The Kier molecular flexibility index (Phi) is 5.51. The van der Waals surface area contributed by atoms with Crippen molar-refractivity contribution >= 4 is 18.7 Å². The van der Waals surface area contributed by atoms with Gasteiger partial charge in [0.1, 0.15) is 18.0 Å². The van der Waals surface area contributed by atoms with Crippen LogP contribution in [0, 0.1) is 0 Å². The van der Waals surface area contributed by atoms with Crippen LogP contribution in [0.15, 0.2) is 18.2 Å². The topological polar surface area (TPSA) is 97.3 Å². The fourth-order valence-electron chi connectivity index (χ4n) is 2.33. The standard InChI is InChI=1S/C15H22BNO6/c1-15(2,3)22-14(19)17-9-12-10-5-4-6-11(21-8-7-18)13(10)16(20)23-12/h4-6,12,18,20H,7-9H2,1-3H3,(H,17,19). The molecule has 0 radical (unpaired) electrons. The van der Waals surface area contributed by atoms with Gasteiger partial charge in [0.2, 0.25) is 0 Å². The Morgan fingerprint density at radius 2 is 2.17 bits per heavy atom. The minimum atomic E-state index is -1.13. The van der Waals surface area contributed by atoms with Gasteiger partial charge in [-0.3, -0.25) is 0 Å². The Morgan fingerprint density at radius 1 is 1.43 bits per heavy atom. The van der Waals surface area contributed by atoms with Crippen LogP contribution in [-0.2, 0) is 9.39 Å². The number of nitrogens with one attached hydrogen (secondary N) is 1. The first kappa shape index (κ1) is 17.6. The molecule has 0 spiro atoms. The summed E-state index contributed by atoms with van der Waals surface area (Å²) < 4.78 is 16.1. The minimum Gasteiger partial charge on any atom is -0.492 e. The number of aliphatic hydroxyl groups excluding tert-OH is 1. The maximum atomic E-state index is 11.7. The van der Waals surface area contributed by atoms with E-state index in [1.807, 2.05) is 0 Å². The highest BCUT2D eigenvalue weighted by atomic mass is 16.6. The lowest BCUT2D eigenvalue weighted by atomic mass is 9.78. The van der Waals surface area contributed by atoms with E-state index >= 15 is 0 Å². The summed E-state index contributed by atoms with van der Waals surface area (Å²) in [5.74, 6) is 0.462. The average Bonchev–Trinajstić information content (AvgIpc) is 2.78. The first-order valence-electron chi connectivity index (χ1n) is 7.48. The van der Waals surface area contributed by atoms with Crippen LogP contribution in [0.1, 0.15) is 32.4 Å². The van der Waals surface area contributed by atoms with Crippen LogP contribution in [0.25, 0.3) is 0 Å². The molecule has 7 nitrogen and oxygen atoms in total. The van der Waals surface area contributed by atoms with E-state index in [0.717, 1.165) is 5.56 Å². The van der Waals surface area contributed by atoms with E-state index in [9.17, 15) is 9.82 Å². The van der Waals surface area contributed by atoms with Gasteiger partial charge in [0, 0.05) is 12.0 Å². The van der Waals surface area contributed by atoms with Gasteiger partial charge in [0.15, 0.2) is 0 Å². The monoisotopic (exact) mass is 323 g/mol. The molecule has 0 fully saturated rings. The van der Waals surface area contributed by atoms with Crippen LogP contribution in [0.4, 0.5) is 4.79 Å². The molecule has 1 amide bonds. The van der Waals surface area contributed by atoms with E-state index in [1.54, 1.807) is 39.0 Å². The number of fused-ring (bicyclic) bond motifs is 1. The van der Waals surface area contributed by atoms with Gasteiger partial charge in [0.25, 0.3) is 0 Å². The van der Waals surface area contributed by atoms with E-state index in [-0.39, 0.29) is 19.8 Å². The van der Waals surface area contributed by atoms with Crippen molar-refractivity contribution in [1.82, 2.24) is 5.32 Å². The van der Waals surface area contributed by atoms with Gasteiger partial charge < -0.3 is 29.6 Å². The second-order valence-electron chi connectivity index (χ2n) is 6.19. The number of ether oxygens (including phenoxy) is 2. The molecule has 0 saturated heterocycles. The maximum absolute atomic E-state index is 11.7. The molecule has 1 atom stereocenters. The van der Waals surface area contributed by atoms with Crippen molar-refractivity contribution in [2.45, 2.75) is 32.5 Å². The van der Waals surface area contributed by atoms with Crippen LogP contribution in [0.2, 0.25) is 0 Å². The normalized spacial score (nSPS) is 16.9. The Balaban J connectivity index is 2.04. The fourth-order valence-corrected chi connectivity index (χ4v) is 2.33. The number of hydrogen-bond acceptors (Lipinski definition) is 6. The van der Waals surface area contributed by atoms with E-state index in [2.05, 4.69) is 5.32 Å². The zero-order valence-corrected chi connectivity index (χ0v) is 13.5. The summed E-state index contributed by atoms with van der Waals surface area (Å²) in [6.07, 6.45) is -1.04. The number of carbonyl (C=O) groups excluding carboxylic acids is 1. The van der Waals surface area contributed by atoms with Crippen molar-refractivity contribution in [2.75, 3.05) is 19.8 Å². The summed E-state index contributed by atoms with van der Waals surface area (Å²) in [6, 6.07) is 5.27. The molecule has 0 saturated carbocycles. The van der Waals surface area contributed by atoms with Gasteiger partial charge in [-0.15, -0.1) is 0 Å². The van der Waals surface area contributed by atoms with Gasteiger partial charge >= 0.3 is 13.2 Å². The number of amides is 1. The molecule has 1 aliphatic heterocycles. The predicted octanol–water partition coefficient (Wildman–Crippen LogP) is 0.341. The number of carbonyl (C=O) groups is 1. The van der Waals surface area contributed by atoms with Crippen molar-refractivity contribution < 1.29 is 29.1 Å². The number of hydrogen-bond donors (Lipinski definition) is 3. The molecule has 23 heavy (non-hydrogen) atoms. The van der Waals surface area contributed by atoms with Crippen molar-refractivity contribution in [3.63, 3.8) is 0 Å². The molecule has 3 N–H and O–H groups in total. The number of aliphatic hydroxyl groups is 1. The molecule has 8 heteroatoms. The largest absolute Gasteiger partial charge is 0.495 e. The Bertz CT molecular complexity index is 559.